The Morgan fingerprint density at radius 1 is 0.969 bits per heavy atom. The Bertz CT molecular complexity index is 1220. The van der Waals surface area contributed by atoms with Gasteiger partial charge in [-0.25, -0.2) is 9.67 Å². The van der Waals surface area contributed by atoms with E-state index in [1.165, 1.54) is 5.69 Å². The summed E-state index contributed by atoms with van der Waals surface area (Å²) in [6.45, 7) is 6.62. The number of aryl methyl sites for hydroxylation is 1. The molecule has 0 bridgehead atoms. The van der Waals surface area contributed by atoms with E-state index >= 15 is 0 Å². The summed E-state index contributed by atoms with van der Waals surface area (Å²) in [4.78, 5) is 26.0. The van der Waals surface area contributed by atoms with Crippen LogP contribution in [0, 0.1) is 13.8 Å². The van der Waals surface area contributed by atoms with Crippen molar-refractivity contribution < 1.29 is 9.32 Å². The molecule has 0 saturated carbocycles. The fraction of sp³-hybridized carbons (Fsp3) is 0.261. The average molecular weight is 429 g/mol. The topological polar surface area (TPSA) is 93.2 Å². The zero-order valence-electron chi connectivity index (χ0n) is 18.0. The zero-order chi connectivity index (χ0) is 22.1. The van der Waals surface area contributed by atoms with Crippen molar-refractivity contribution >= 4 is 11.6 Å². The molecule has 1 amide bonds. The highest BCUT2D eigenvalue weighted by molar-refractivity contribution is 5.95. The van der Waals surface area contributed by atoms with Crippen LogP contribution in [0.5, 0.6) is 0 Å². The van der Waals surface area contributed by atoms with Crippen molar-refractivity contribution in [1.29, 1.82) is 0 Å². The highest BCUT2D eigenvalue weighted by Gasteiger charge is 2.25. The van der Waals surface area contributed by atoms with Crippen LogP contribution < -0.4 is 4.90 Å². The molecule has 0 atom stereocenters. The quantitative estimate of drug-likeness (QED) is 0.492. The fourth-order valence-electron chi connectivity index (χ4n) is 3.88. The number of hydrogen-bond acceptors (Lipinski definition) is 7. The summed E-state index contributed by atoms with van der Waals surface area (Å²) < 4.78 is 6.86. The van der Waals surface area contributed by atoms with Crippen molar-refractivity contribution in [1.82, 2.24) is 29.8 Å². The summed E-state index contributed by atoms with van der Waals surface area (Å²) in [6.07, 6.45) is 3.28. The highest BCUT2D eigenvalue weighted by Crippen LogP contribution is 2.21. The third-order valence-corrected chi connectivity index (χ3v) is 5.67. The van der Waals surface area contributed by atoms with Crippen molar-refractivity contribution in [3.8, 4) is 17.3 Å². The first-order chi connectivity index (χ1) is 15.6. The number of rotatable bonds is 4. The number of amides is 1. The van der Waals surface area contributed by atoms with Crippen LogP contribution in [0.25, 0.3) is 17.3 Å². The SMILES string of the molecule is Cc1noc(-c2ccc(-n3ncc(C(=O)N4CCN(c5ccccc5)CC4)c3C)nc2)n1. The predicted octanol–water partition coefficient (Wildman–Crippen LogP) is 2.90. The molecule has 3 aromatic heterocycles. The number of aromatic nitrogens is 5. The van der Waals surface area contributed by atoms with Crippen molar-refractivity contribution in [3.63, 3.8) is 0 Å². The van der Waals surface area contributed by atoms with Gasteiger partial charge in [-0.15, -0.1) is 0 Å². The molecule has 32 heavy (non-hydrogen) atoms. The first kappa shape index (κ1) is 19.9. The Kier molecular flexibility index (Phi) is 5.14. The minimum atomic E-state index is -0.000540. The molecular weight excluding hydrogens is 406 g/mol. The summed E-state index contributed by atoms with van der Waals surface area (Å²) >= 11 is 0. The van der Waals surface area contributed by atoms with Gasteiger partial charge in [0.1, 0.15) is 0 Å². The van der Waals surface area contributed by atoms with Crippen LogP contribution in [0.2, 0.25) is 0 Å². The third kappa shape index (κ3) is 3.73. The molecule has 4 heterocycles. The summed E-state index contributed by atoms with van der Waals surface area (Å²) in [7, 11) is 0. The molecule has 162 valence electrons. The summed E-state index contributed by atoms with van der Waals surface area (Å²) in [6, 6.07) is 14.0. The highest BCUT2D eigenvalue weighted by atomic mass is 16.5. The molecule has 0 N–H and O–H groups in total. The number of para-hydroxylation sites is 1. The zero-order valence-corrected chi connectivity index (χ0v) is 18.0. The normalized spacial score (nSPS) is 14.1. The Balaban J connectivity index is 1.29. The Morgan fingerprint density at radius 2 is 1.75 bits per heavy atom. The van der Waals surface area contributed by atoms with Crippen molar-refractivity contribution in [2.75, 3.05) is 31.1 Å². The van der Waals surface area contributed by atoms with E-state index in [9.17, 15) is 4.79 Å². The Morgan fingerprint density at radius 3 is 2.41 bits per heavy atom. The Labute approximate surface area is 185 Å². The van der Waals surface area contributed by atoms with Gasteiger partial charge in [0.05, 0.1) is 23.0 Å². The number of hydrogen-bond donors (Lipinski definition) is 0. The first-order valence-electron chi connectivity index (χ1n) is 10.5. The van der Waals surface area contributed by atoms with E-state index in [4.69, 9.17) is 4.52 Å². The lowest BCUT2D eigenvalue weighted by Crippen LogP contribution is -2.48. The lowest BCUT2D eigenvalue weighted by atomic mass is 10.2. The van der Waals surface area contributed by atoms with Gasteiger partial charge in [0.2, 0.25) is 0 Å². The van der Waals surface area contributed by atoms with Gasteiger partial charge >= 0.3 is 0 Å². The minimum absolute atomic E-state index is 0.000540. The smallest absolute Gasteiger partial charge is 0.259 e. The van der Waals surface area contributed by atoms with E-state index in [2.05, 4.69) is 37.3 Å². The lowest BCUT2D eigenvalue weighted by molar-refractivity contribution is 0.0746. The maximum absolute atomic E-state index is 13.2. The molecule has 1 fully saturated rings. The average Bonchev–Trinajstić information content (AvgIpc) is 3.45. The first-order valence-corrected chi connectivity index (χ1v) is 10.5. The van der Waals surface area contributed by atoms with Crippen molar-refractivity contribution in [2.24, 2.45) is 0 Å². The number of piperazine rings is 1. The van der Waals surface area contributed by atoms with Gasteiger partial charge < -0.3 is 14.3 Å². The molecule has 0 spiro atoms. The molecule has 5 rings (SSSR count). The van der Waals surface area contributed by atoms with E-state index < -0.39 is 0 Å². The van der Waals surface area contributed by atoms with Gasteiger partial charge in [0, 0.05) is 38.1 Å². The molecule has 1 aliphatic rings. The number of carbonyl (C=O) groups excluding carboxylic acids is 1. The summed E-state index contributed by atoms with van der Waals surface area (Å²) in [5.74, 6) is 1.61. The number of carbonyl (C=O) groups is 1. The van der Waals surface area contributed by atoms with Crippen LogP contribution in [0.1, 0.15) is 21.9 Å². The van der Waals surface area contributed by atoms with Gasteiger partial charge in [-0.3, -0.25) is 4.79 Å². The predicted molar refractivity (Wildman–Crippen MR) is 119 cm³/mol. The van der Waals surface area contributed by atoms with E-state index in [0.717, 1.165) is 24.3 Å². The lowest BCUT2D eigenvalue weighted by Gasteiger charge is -2.36. The molecular formula is C23H23N7O2. The van der Waals surface area contributed by atoms with Gasteiger partial charge in [-0.05, 0) is 38.1 Å². The summed E-state index contributed by atoms with van der Waals surface area (Å²) in [5.41, 5.74) is 3.27. The standard InChI is InChI=1S/C23H23N7O2/c1-16-20(23(31)29-12-10-28(11-13-29)19-6-4-3-5-7-19)15-25-30(16)21-9-8-18(14-24-21)22-26-17(2)27-32-22/h3-9,14-15H,10-13H2,1-2H3. The van der Waals surface area contributed by atoms with Gasteiger partial charge in [0.15, 0.2) is 11.6 Å². The van der Waals surface area contributed by atoms with Crippen LogP contribution in [0.3, 0.4) is 0 Å². The third-order valence-electron chi connectivity index (χ3n) is 5.67. The maximum Gasteiger partial charge on any atom is 0.259 e. The molecule has 0 radical (unpaired) electrons. The molecule has 9 heteroatoms. The van der Waals surface area contributed by atoms with Crippen molar-refractivity contribution in [2.45, 2.75) is 13.8 Å². The maximum atomic E-state index is 13.2. The number of nitrogens with zero attached hydrogens (tertiary/aromatic N) is 7. The van der Waals surface area contributed by atoms with Crippen LogP contribution in [-0.4, -0.2) is 61.9 Å². The van der Waals surface area contributed by atoms with Gasteiger partial charge in [-0.2, -0.15) is 10.1 Å². The van der Waals surface area contributed by atoms with Gasteiger partial charge in [0.25, 0.3) is 11.8 Å². The van der Waals surface area contributed by atoms with E-state index in [-0.39, 0.29) is 5.91 Å². The monoisotopic (exact) mass is 429 g/mol. The second kappa shape index (κ2) is 8.26. The second-order valence-electron chi connectivity index (χ2n) is 7.72. The van der Waals surface area contributed by atoms with E-state index in [0.29, 0.717) is 36.2 Å². The number of pyridine rings is 1. The molecule has 1 saturated heterocycles. The van der Waals surface area contributed by atoms with Crippen LogP contribution >= 0.6 is 0 Å². The summed E-state index contributed by atoms with van der Waals surface area (Å²) in [5, 5.41) is 8.22. The van der Waals surface area contributed by atoms with Crippen molar-refractivity contribution in [3.05, 3.63) is 71.9 Å². The van der Waals surface area contributed by atoms with Crippen LogP contribution in [0.15, 0.2) is 59.4 Å². The molecule has 0 aliphatic carbocycles. The number of benzene rings is 1. The second-order valence-corrected chi connectivity index (χ2v) is 7.72. The molecule has 4 aromatic rings. The molecule has 1 aliphatic heterocycles. The van der Waals surface area contributed by atoms with Crippen LogP contribution in [-0.2, 0) is 0 Å². The van der Waals surface area contributed by atoms with E-state index in [1.807, 2.05) is 42.2 Å². The molecule has 0 unspecified atom stereocenters. The van der Waals surface area contributed by atoms with E-state index in [1.54, 1.807) is 24.0 Å². The fourth-order valence-corrected chi connectivity index (χ4v) is 3.88. The Hall–Kier alpha value is -4.01. The van der Waals surface area contributed by atoms with Crippen LogP contribution in [0.4, 0.5) is 5.69 Å². The molecule has 1 aromatic carbocycles. The largest absolute Gasteiger partial charge is 0.368 e. The number of anilines is 1. The minimum Gasteiger partial charge on any atom is -0.368 e. The molecule has 9 nitrogen and oxygen atoms in total. The van der Waals surface area contributed by atoms with Gasteiger partial charge in [-0.1, -0.05) is 23.4 Å².